The standard InChI is InChI=1S/C12H18IN3O/c1-2-5-14-12-10(13)8-15-11(16-12)7-9-4-3-6-17-9/h8-9H,2-7H2,1H3,(H,14,15,16). The number of aromatic nitrogens is 2. The highest BCUT2D eigenvalue weighted by Crippen LogP contribution is 2.18. The number of nitrogens with zero attached hydrogens (tertiary/aromatic N) is 2. The monoisotopic (exact) mass is 347 g/mol. The van der Waals surface area contributed by atoms with Gasteiger partial charge in [-0.25, -0.2) is 9.97 Å². The van der Waals surface area contributed by atoms with E-state index in [4.69, 9.17) is 4.74 Å². The minimum absolute atomic E-state index is 0.314. The molecule has 17 heavy (non-hydrogen) atoms. The van der Waals surface area contributed by atoms with Gasteiger partial charge in [-0.3, -0.25) is 0 Å². The fourth-order valence-corrected chi connectivity index (χ4v) is 2.33. The van der Waals surface area contributed by atoms with Crippen LogP contribution in [-0.2, 0) is 11.2 Å². The summed E-state index contributed by atoms with van der Waals surface area (Å²) in [5.41, 5.74) is 0. The predicted octanol–water partition coefficient (Wildman–Crippen LogP) is 2.62. The summed E-state index contributed by atoms with van der Waals surface area (Å²) in [5, 5.41) is 3.33. The molecule has 5 heteroatoms. The molecule has 0 aromatic carbocycles. The fourth-order valence-electron chi connectivity index (χ4n) is 1.88. The Bertz CT molecular complexity index is 367. The summed E-state index contributed by atoms with van der Waals surface area (Å²) in [5.74, 6) is 1.84. The third-order valence-corrected chi connectivity index (χ3v) is 3.56. The van der Waals surface area contributed by atoms with E-state index in [-0.39, 0.29) is 0 Å². The van der Waals surface area contributed by atoms with Gasteiger partial charge in [0.15, 0.2) is 0 Å². The molecular formula is C12H18IN3O. The van der Waals surface area contributed by atoms with Crippen molar-refractivity contribution in [2.45, 2.75) is 38.7 Å². The molecule has 0 spiro atoms. The molecule has 1 unspecified atom stereocenters. The zero-order valence-corrected chi connectivity index (χ0v) is 12.2. The van der Waals surface area contributed by atoms with E-state index in [1.807, 2.05) is 6.20 Å². The molecule has 0 aliphatic carbocycles. The van der Waals surface area contributed by atoms with Crippen molar-refractivity contribution in [1.29, 1.82) is 0 Å². The molecule has 0 amide bonds. The van der Waals surface area contributed by atoms with Crippen LogP contribution in [0.1, 0.15) is 32.0 Å². The summed E-state index contributed by atoms with van der Waals surface area (Å²) in [4.78, 5) is 8.94. The van der Waals surface area contributed by atoms with E-state index >= 15 is 0 Å². The Morgan fingerprint density at radius 1 is 1.59 bits per heavy atom. The Labute approximate surface area is 116 Å². The van der Waals surface area contributed by atoms with Crippen molar-refractivity contribution in [3.63, 3.8) is 0 Å². The van der Waals surface area contributed by atoms with Crippen LogP contribution >= 0.6 is 22.6 Å². The van der Waals surface area contributed by atoms with Gasteiger partial charge in [0.2, 0.25) is 0 Å². The first-order valence-electron chi connectivity index (χ1n) is 6.16. The smallest absolute Gasteiger partial charge is 0.143 e. The minimum atomic E-state index is 0.314. The van der Waals surface area contributed by atoms with Crippen molar-refractivity contribution in [2.24, 2.45) is 0 Å². The number of rotatable bonds is 5. The fraction of sp³-hybridized carbons (Fsp3) is 0.667. The summed E-state index contributed by atoms with van der Waals surface area (Å²) in [6.07, 6.45) is 6.42. The van der Waals surface area contributed by atoms with Gasteiger partial charge in [0.25, 0.3) is 0 Å². The van der Waals surface area contributed by atoms with Crippen LogP contribution in [0.2, 0.25) is 0 Å². The van der Waals surface area contributed by atoms with Gasteiger partial charge in [0.05, 0.1) is 9.67 Å². The molecule has 1 aliphatic rings. The third kappa shape index (κ3) is 3.77. The van der Waals surface area contributed by atoms with Crippen molar-refractivity contribution in [2.75, 3.05) is 18.5 Å². The molecule has 94 valence electrons. The predicted molar refractivity (Wildman–Crippen MR) is 76.2 cm³/mol. The molecule has 0 radical (unpaired) electrons. The van der Waals surface area contributed by atoms with Crippen molar-refractivity contribution in [3.8, 4) is 0 Å². The maximum Gasteiger partial charge on any atom is 0.143 e. The number of halogens is 1. The molecule has 1 aromatic rings. The summed E-state index contributed by atoms with van der Waals surface area (Å²) >= 11 is 2.26. The van der Waals surface area contributed by atoms with E-state index < -0.39 is 0 Å². The highest BCUT2D eigenvalue weighted by Gasteiger charge is 2.17. The SMILES string of the molecule is CCCNc1nc(CC2CCCO2)ncc1I. The Hall–Kier alpha value is -0.430. The van der Waals surface area contributed by atoms with Crippen LogP contribution in [0.25, 0.3) is 0 Å². The first-order chi connectivity index (χ1) is 8.29. The molecule has 1 aliphatic heterocycles. The van der Waals surface area contributed by atoms with Crippen LogP contribution in [-0.4, -0.2) is 29.2 Å². The first kappa shape index (κ1) is 13.0. The Morgan fingerprint density at radius 3 is 3.18 bits per heavy atom. The van der Waals surface area contributed by atoms with Gasteiger partial charge in [-0.1, -0.05) is 6.92 Å². The van der Waals surface area contributed by atoms with E-state index in [9.17, 15) is 0 Å². The molecule has 2 heterocycles. The van der Waals surface area contributed by atoms with Gasteiger partial charge in [0, 0.05) is 25.8 Å². The van der Waals surface area contributed by atoms with E-state index in [2.05, 4.69) is 44.8 Å². The van der Waals surface area contributed by atoms with Crippen molar-refractivity contribution in [1.82, 2.24) is 9.97 Å². The lowest BCUT2D eigenvalue weighted by molar-refractivity contribution is 0.110. The largest absolute Gasteiger partial charge is 0.378 e. The second kappa shape index (κ2) is 6.49. The molecule has 0 bridgehead atoms. The normalized spacial score (nSPS) is 19.5. The van der Waals surface area contributed by atoms with Crippen LogP contribution < -0.4 is 5.32 Å². The van der Waals surface area contributed by atoms with Gasteiger partial charge < -0.3 is 10.1 Å². The molecule has 1 saturated heterocycles. The third-order valence-electron chi connectivity index (χ3n) is 2.77. The number of hydrogen-bond donors (Lipinski definition) is 1. The van der Waals surface area contributed by atoms with Crippen LogP contribution in [0, 0.1) is 3.57 Å². The van der Waals surface area contributed by atoms with E-state index in [1.54, 1.807) is 0 Å². The van der Waals surface area contributed by atoms with Gasteiger partial charge in [-0.2, -0.15) is 0 Å². The highest BCUT2D eigenvalue weighted by molar-refractivity contribution is 14.1. The average Bonchev–Trinajstić information content (AvgIpc) is 2.82. The average molecular weight is 347 g/mol. The maximum atomic E-state index is 5.61. The molecule has 1 atom stereocenters. The Balaban J connectivity index is 2.01. The number of anilines is 1. The van der Waals surface area contributed by atoms with Crippen LogP contribution in [0.3, 0.4) is 0 Å². The molecule has 1 N–H and O–H groups in total. The molecular weight excluding hydrogens is 329 g/mol. The number of ether oxygens (including phenoxy) is 1. The molecule has 1 fully saturated rings. The van der Waals surface area contributed by atoms with Crippen molar-refractivity contribution in [3.05, 3.63) is 15.6 Å². The lowest BCUT2D eigenvalue weighted by atomic mass is 10.2. The summed E-state index contributed by atoms with van der Waals surface area (Å²) in [6, 6.07) is 0. The maximum absolute atomic E-state index is 5.61. The first-order valence-corrected chi connectivity index (χ1v) is 7.24. The second-order valence-corrected chi connectivity index (χ2v) is 5.41. The van der Waals surface area contributed by atoms with E-state index in [0.29, 0.717) is 6.10 Å². The van der Waals surface area contributed by atoms with E-state index in [1.165, 1.54) is 0 Å². The molecule has 4 nitrogen and oxygen atoms in total. The second-order valence-electron chi connectivity index (χ2n) is 4.25. The van der Waals surface area contributed by atoms with Gasteiger partial charge in [-0.15, -0.1) is 0 Å². The van der Waals surface area contributed by atoms with E-state index in [0.717, 1.165) is 54.0 Å². The lowest BCUT2D eigenvalue weighted by Gasteiger charge is -2.11. The summed E-state index contributed by atoms with van der Waals surface area (Å²) < 4.78 is 6.68. The molecule has 2 rings (SSSR count). The van der Waals surface area contributed by atoms with Gasteiger partial charge in [0.1, 0.15) is 11.6 Å². The topological polar surface area (TPSA) is 47.0 Å². The summed E-state index contributed by atoms with van der Waals surface area (Å²) in [6.45, 7) is 3.98. The lowest BCUT2D eigenvalue weighted by Crippen LogP contribution is -2.13. The number of nitrogens with one attached hydrogen (secondary N) is 1. The van der Waals surface area contributed by atoms with Gasteiger partial charge in [-0.05, 0) is 41.9 Å². The van der Waals surface area contributed by atoms with Crippen LogP contribution in [0.4, 0.5) is 5.82 Å². The highest BCUT2D eigenvalue weighted by atomic mass is 127. The van der Waals surface area contributed by atoms with Crippen LogP contribution in [0.5, 0.6) is 0 Å². The quantitative estimate of drug-likeness (QED) is 0.832. The summed E-state index contributed by atoms with van der Waals surface area (Å²) in [7, 11) is 0. The number of hydrogen-bond acceptors (Lipinski definition) is 4. The van der Waals surface area contributed by atoms with Gasteiger partial charge >= 0.3 is 0 Å². The molecule has 0 saturated carbocycles. The minimum Gasteiger partial charge on any atom is -0.378 e. The van der Waals surface area contributed by atoms with Crippen molar-refractivity contribution < 1.29 is 4.74 Å². The van der Waals surface area contributed by atoms with Crippen LogP contribution in [0.15, 0.2) is 6.20 Å². The zero-order valence-electron chi connectivity index (χ0n) is 10.1. The molecule has 1 aromatic heterocycles. The van der Waals surface area contributed by atoms with Crippen molar-refractivity contribution >= 4 is 28.4 Å². The Kier molecular flexibility index (Phi) is 4.97. The zero-order chi connectivity index (χ0) is 12.1. The Morgan fingerprint density at radius 2 is 2.47 bits per heavy atom.